The zero-order valence-electron chi connectivity index (χ0n) is 10.9. The Bertz CT molecular complexity index is 683. The third-order valence-electron chi connectivity index (χ3n) is 3.14. The molecule has 0 atom stereocenters. The number of aryl methyl sites for hydroxylation is 1. The smallest absolute Gasteiger partial charge is 0.208 e. The van der Waals surface area contributed by atoms with E-state index in [9.17, 15) is 0 Å². The Kier molecular flexibility index (Phi) is 3.29. The number of hydrogen-bond acceptors (Lipinski definition) is 3. The van der Waals surface area contributed by atoms with Crippen LogP contribution in [0.3, 0.4) is 0 Å². The zero-order valence-corrected chi connectivity index (χ0v) is 10.9. The fourth-order valence-electron chi connectivity index (χ4n) is 2.23. The van der Waals surface area contributed by atoms with Gasteiger partial charge in [0.25, 0.3) is 0 Å². The normalized spacial score (nSPS) is 11.0. The summed E-state index contributed by atoms with van der Waals surface area (Å²) >= 11 is 0. The molecular formula is C16H16N2O. The summed E-state index contributed by atoms with van der Waals surface area (Å²) in [5.74, 6) is 1.58. The molecule has 19 heavy (non-hydrogen) atoms. The maximum atomic E-state index is 5.44. The van der Waals surface area contributed by atoms with Crippen molar-refractivity contribution in [3.05, 3.63) is 65.9 Å². The highest BCUT2D eigenvalue weighted by Gasteiger charge is 2.02. The Labute approximate surface area is 112 Å². The second-order valence-electron chi connectivity index (χ2n) is 4.61. The van der Waals surface area contributed by atoms with Gasteiger partial charge >= 0.3 is 0 Å². The van der Waals surface area contributed by atoms with Crippen molar-refractivity contribution in [3.8, 4) is 0 Å². The molecule has 3 nitrogen and oxygen atoms in total. The monoisotopic (exact) mass is 252 g/mol. The number of hydrogen-bond donors (Lipinski definition) is 1. The van der Waals surface area contributed by atoms with Gasteiger partial charge in [-0.3, -0.25) is 0 Å². The first kappa shape index (κ1) is 11.9. The SMILES string of the molecule is Cc1cnc(CNCc2cccc3ccccc23)o1. The molecule has 96 valence electrons. The predicted octanol–water partition coefficient (Wildman–Crippen LogP) is 3.43. The number of benzene rings is 2. The first-order valence-electron chi connectivity index (χ1n) is 6.41. The molecule has 0 aliphatic rings. The molecule has 1 aromatic heterocycles. The van der Waals surface area contributed by atoms with Crippen molar-refractivity contribution in [1.29, 1.82) is 0 Å². The lowest BCUT2D eigenvalue weighted by molar-refractivity contribution is 0.449. The standard InChI is InChI=1S/C16H16N2O/c1-12-9-18-16(19-12)11-17-10-14-7-4-6-13-5-2-3-8-15(13)14/h2-9,17H,10-11H2,1H3. The Morgan fingerprint density at radius 2 is 1.89 bits per heavy atom. The van der Waals surface area contributed by atoms with Crippen LogP contribution in [0.25, 0.3) is 10.8 Å². The maximum Gasteiger partial charge on any atom is 0.208 e. The molecule has 0 unspecified atom stereocenters. The van der Waals surface area contributed by atoms with Crippen molar-refractivity contribution in [2.45, 2.75) is 20.0 Å². The van der Waals surface area contributed by atoms with Gasteiger partial charge in [0, 0.05) is 6.54 Å². The molecule has 0 saturated heterocycles. The lowest BCUT2D eigenvalue weighted by Crippen LogP contribution is -2.13. The molecule has 3 heteroatoms. The fraction of sp³-hybridized carbons (Fsp3) is 0.188. The molecule has 3 rings (SSSR count). The van der Waals surface area contributed by atoms with Crippen LogP contribution in [0.15, 0.2) is 53.1 Å². The van der Waals surface area contributed by atoms with Crippen molar-refractivity contribution < 1.29 is 4.42 Å². The Morgan fingerprint density at radius 1 is 1.05 bits per heavy atom. The summed E-state index contributed by atoms with van der Waals surface area (Å²) in [6, 6.07) is 14.8. The van der Waals surface area contributed by atoms with Gasteiger partial charge in [-0.2, -0.15) is 0 Å². The van der Waals surface area contributed by atoms with Gasteiger partial charge in [-0.1, -0.05) is 42.5 Å². The molecule has 3 aromatic rings. The largest absolute Gasteiger partial charge is 0.445 e. The highest BCUT2D eigenvalue weighted by molar-refractivity contribution is 5.85. The van der Waals surface area contributed by atoms with Crippen molar-refractivity contribution in [1.82, 2.24) is 10.3 Å². The van der Waals surface area contributed by atoms with Crippen molar-refractivity contribution in [2.75, 3.05) is 0 Å². The maximum absolute atomic E-state index is 5.44. The third-order valence-corrected chi connectivity index (χ3v) is 3.14. The summed E-state index contributed by atoms with van der Waals surface area (Å²) in [6.45, 7) is 3.36. The highest BCUT2D eigenvalue weighted by atomic mass is 16.4. The van der Waals surface area contributed by atoms with Crippen LogP contribution in [0.4, 0.5) is 0 Å². The van der Waals surface area contributed by atoms with Crippen LogP contribution >= 0.6 is 0 Å². The van der Waals surface area contributed by atoms with Gasteiger partial charge < -0.3 is 9.73 Å². The molecule has 2 aromatic carbocycles. The van der Waals surface area contributed by atoms with E-state index in [1.807, 2.05) is 6.92 Å². The molecular weight excluding hydrogens is 236 g/mol. The molecule has 0 fully saturated rings. The number of aromatic nitrogens is 1. The van der Waals surface area contributed by atoms with Crippen LogP contribution in [0.1, 0.15) is 17.2 Å². The molecule has 1 N–H and O–H groups in total. The minimum Gasteiger partial charge on any atom is -0.445 e. The molecule has 0 bridgehead atoms. The van der Waals surface area contributed by atoms with Crippen LogP contribution in [0.5, 0.6) is 0 Å². The second-order valence-corrected chi connectivity index (χ2v) is 4.61. The van der Waals surface area contributed by atoms with E-state index in [0.29, 0.717) is 6.54 Å². The fourth-order valence-corrected chi connectivity index (χ4v) is 2.23. The second kappa shape index (κ2) is 5.24. The average Bonchev–Trinajstić information content (AvgIpc) is 2.85. The van der Waals surface area contributed by atoms with Gasteiger partial charge in [-0.15, -0.1) is 0 Å². The minimum atomic E-state index is 0.650. The number of rotatable bonds is 4. The Balaban J connectivity index is 1.71. The highest BCUT2D eigenvalue weighted by Crippen LogP contribution is 2.18. The summed E-state index contributed by atoms with van der Waals surface area (Å²) in [5, 5.41) is 5.93. The lowest BCUT2D eigenvalue weighted by atomic mass is 10.0. The van der Waals surface area contributed by atoms with E-state index in [-0.39, 0.29) is 0 Å². The first-order chi connectivity index (χ1) is 9.33. The van der Waals surface area contributed by atoms with Crippen LogP contribution in [-0.2, 0) is 13.1 Å². The number of nitrogens with zero attached hydrogens (tertiary/aromatic N) is 1. The number of nitrogens with one attached hydrogen (secondary N) is 1. The summed E-state index contributed by atoms with van der Waals surface area (Å²) in [7, 11) is 0. The molecule has 0 spiro atoms. The van der Waals surface area contributed by atoms with E-state index in [0.717, 1.165) is 18.2 Å². The van der Waals surface area contributed by atoms with Crippen LogP contribution in [-0.4, -0.2) is 4.98 Å². The van der Waals surface area contributed by atoms with Gasteiger partial charge in [0.2, 0.25) is 5.89 Å². The minimum absolute atomic E-state index is 0.650. The van der Waals surface area contributed by atoms with E-state index < -0.39 is 0 Å². The average molecular weight is 252 g/mol. The van der Waals surface area contributed by atoms with Gasteiger partial charge in [0.05, 0.1) is 12.7 Å². The summed E-state index contributed by atoms with van der Waals surface area (Å²) in [4.78, 5) is 4.18. The van der Waals surface area contributed by atoms with Gasteiger partial charge in [0.1, 0.15) is 5.76 Å². The Hall–Kier alpha value is -2.13. The molecule has 1 heterocycles. The quantitative estimate of drug-likeness (QED) is 0.773. The molecule has 0 radical (unpaired) electrons. The van der Waals surface area contributed by atoms with E-state index in [1.54, 1.807) is 6.20 Å². The van der Waals surface area contributed by atoms with Crippen molar-refractivity contribution >= 4 is 10.8 Å². The first-order valence-corrected chi connectivity index (χ1v) is 6.41. The lowest BCUT2D eigenvalue weighted by Gasteiger charge is -2.07. The van der Waals surface area contributed by atoms with Crippen LogP contribution in [0.2, 0.25) is 0 Å². The Morgan fingerprint density at radius 3 is 2.74 bits per heavy atom. The van der Waals surface area contributed by atoms with Crippen LogP contribution in [0, 0.1) is 6.92 Å². The van der Waals surface area contributed by atoms with Gasteiger partial charge in [-0.05, 0) is 23.3 Å². The van der Waals surface area contributed by atoms with Crippen molar-refractivity contribution in [3.63, 3.8) is 0 Å². The zero-order chi connectivity index (χ0) is 13.1. The number of oxazole rings is 1. The number of fused-ring (bicyclic) bond motifs is 1. The van der Waals surface area contributed by atoms with Gasteiger partial charge in [-0.25, -0.2) is 4.98 Å². The van der Waals surface area contributed by atoms with E-state index >= 15 is 0 Å². The van der Waals surface area contributed by atoms with E-state index in [4.69, 9.17) is 4.42 Å². The van der Waals surface area contributed by atoms with Crippen molar-refractivity contribution in [2.24, 2.45) is 0 Å². The molecule has 0 saturated carbocycles. The molecule has 0 aliphatic carbocycles. The van der Waals surface area contributed by atoms with E-state index in [1.165, 1.54) is 16.3 Å². The van der Waals surface area contributed by atoms with Crippen LogP contribution < -0.4 is 5.32 Å². The summed E-state index contributed by atoms with van der Waals surface area (Å²) < 4.78 is 5.44. The molecule has 0 aliphatic heterocycles. The van der Waals surface area contributed by atoms with E-state index in [2.05, 4.69) is 52.8 Å². The van der Waals surface area contributed by atoms with Gasteiger partial charge in [0.15, 0.2) is 0 Å². The topological polar surface area (TPSA) is 38.1 Å². The third kappa shape index (κ3) is 2.66. The summed E-state index contributed by atoms with van der Waals surface area (Å²) in [6.07, 6.45) is 1.74. The summed E-state index contributed by atoms with van der Waals surface area (Å²) in [5.41, 5.74) is 1.29. The predicted molar refractivity (Wildman–Crippen MR) is 75.7 cm³/mol. The molecule has 0 amide bonds.